The van der Waals surface area contributed by atoms with Crippen molar-refractivity contribution in [1.82, 2.24) is 5.32 Å². The fourth-order valence-electron chi connectivity index (χ4n) is 1.23. The predicted octanol–water partition coefficient (Wildman–Crippen LogP) is 3.61. The van der Waals surface area contributed by atoms with Crippen molar-refractivity contribution in [2.75, 3.05) is 6.54 Å². The van der Waals surface area contributed by atoms with E-state index in [1.165, 1.54) is 6.42 Å². The van der Waals surface area contributed by atoms with Crippen molar-refractivity contribution >= 4 is 0 Å². The molecule has 1 heteroatoms. The highest BCUT2D eigenvalue weighted by Crippen LogP contribution is 2.08. The Labute approximate surface area is 84.6 Å². The van der Waals surface area contributed by atoms with Crippen LogP contribution in [0.1, 0.15) is 47.5 Å². The van der Waals surface area contributed by atoms with E-state index in [2.05, 4.69) is 32.7 Å². The second-order valence-corrected chi connectivity index (χ2v) is 3.27. The van der Waals surface area contributed by atoms with Crippen LogP contribution in [0.15, 0.2) is 12.7 Å². The minimum absolute atomic E-state index is 0.665. The van der Waals surface area contributed by atoms with Crippen molar-refractivity contribution in [3.8, 4) is 0 Å². The maximum Gasteiger partial charge on any atom is 0.00928 e. The summed E-state index contributed by atoms with van der Waals surface area (Å²) < 4.78 is 0. The van der Waals surface area contributed by atoms with E-state index in [1.54, 1.807) is 0 Å². The van der Waals surface area contributed by atoms with E-state index in [9.17, 15) is 0 Å². The zero-order valence-electron chi connectivity index (χ0n) is 10.1. The first-order valence-electron chi connectivity index (χ1n) is 5.56. The third-order valence-electron chi connectivity index (χ3n) is 1.95. The molecule has 1 unspecified atom stereocenters. The minimum atomic E-state index is 0.665. The Kier molecular flexibility index (Phi) is 13.7. The van der Waals surface area contributed by atoms with Crippen LogP contribution in [-0.4, -0.2) is 12.6 Å². The molecule has 13 heavy (non-hydrogen) atoms. The molecule has 1 nitrogen and oxygen atoms in total. The first-order valence-corrected chi connectivity index (χ1v) is 5.56. The molecule has 0 bridgehead atoms. The van der Waals surface area contributed by atoms with Crippen LogP contribution in [-0.2, 0) is 0 Å². The van der Waals surface area contributed by atoms with E-state index >= 15 is 0 Å². The molecule has 0 aromatic heterocycles. The summed E-state index contributed by atoms with van der Waals surface area (Å²) in [7, 11) is 0. The molecule has 80 valence electrons. The lowest BCUT2D eigenvalue weighted by atomic mass is 9.99. The Hall–Kier alpha value is -0.300. The molecule has 1 N–H and O–H groups in total. The lowest BCUT2D eigenvalue weighted by molar-refractivity contribution is 0.387. The molecule has 1 atom stereocenters. The van der Waals surface area contributed by atoms with Gasteiger partial charge in [-0.15, -0.1) is 6.58 Å². The zero-order chi connectivity index (χ0) is 10.7. The molecular weight excluding hydrogens is 158 g/mol. The van der Waals surface area contributed by atoms with Crippen LogP contribution in [0.5, 0.6) is 0 Å². The number of rotatable bonds is 6. The fourth-order valence-corrected chi connectivity index (χ4v) is 1.23. The molecule has 0 saturated carbocycles. The van der Waals surface area contributed by atoms with Crippen LogP contribution in [0.25, 0.3) is 0 Å². The predicted molar refractivity (Wildman–Crippen MR) is 63.1 cm³/mol. The average Bonchev–Trinajstić information content (AvgIpc) is 2.15. The van der Waals surface area contributed by atoms with Crippen molar-refractivity contribution in [2.24, 2.45) is 5.92 Å². The molecule has 0 amide bonds. The topological polar surface area (TPSA) is 12.0 Å². The SMILES string of the molecule is C=CCCC(NCC)C(C)C.CC. The Bertz CT molecular complexity index is 97.3. The fraction of sp³-hybridized carbons (Fsp3) is 0.833. The highest BCUT2D eigenvalue weighted by Gasteiger charge is 2.09. The van der Waals surface area contributed by atoms with E-state index in [0.29, 0.717) is 6.04 Å². The molecule has 0 aliphatic rings. The van der Waals surface area contributed by atoms with Gasteiger partial charge >= 0.3 is 0 Å². The van der Waals surface area contributed by atoms with Crippen molar-refractivity contribution in [1.29, 1.82) is 0 Å². The van der Waals surface area contributed by atoms with Gasteiger partial charge < -0.3 is 5.32 Å². The minimum Gasteiger partial charge on any atom is -0.314 e. The molecule has 0 heterocycles. The van der Waals surface area contributed by atoms with E-state index in [4.69, 9.17) is 0 Å². The summed E-state index contributed by atoms with van der Waals surface area (Å²) in [5.74, 6) is 0.731. The van der Waals surface area contributed by atoms with Gasteiger partial charge in [0, 0.05) is 6.04 Å². The Balaban J connectivity index is 0. The summed E-state index contributed by atoms with van der Waals surface area (Å²) in [5.41, 5.74) is 0. The molecule has 0 aliphatic heterocycles. The standard InChI is InChI=1S/C10H21N.C2H6/c1-5-7-8-10(9(3)4)11-6-2;1-2/h5,9-11H,1,6-8H2,2-4H3;1-2H3. The van der Waals surface area contributed by atoms with Crippen LogP contribution in [0.3, 0.4) is 0 Å². The van der Waals surface area contributed by atoms with Crippen LogP contribution >= 0.6 is 0 Å². The van der Waals surface area contributed by atoms with Gasteiger partial charge in [-0.1, -0.05) is 40.7 Å². The molecule has 0 aliphatic carbocycles. The van der Waals surface area contributed by atoms with Crippen molar-refractivity contribution < 1.29 is 0 Å². The number of allylic oxidation sites excluding steroid dienone is 1. The largest absolute Gasteiger partial charge is 0.314 e. The Morgan fingerprint density at radius 2 is 1.85 bits per heavy atom. The summed E-state index contributed by atoms with van der Waals surface area (Å²) in [6.07, 6.45) is 4.33. The normalized spacial score (nSPS) is 11.8. The molecule has 0 spiro atoms. The van der Waals surface area contributed by atoms with Crippen molar-refractivity contribution in [3.63, 3.8) is 0 Å². The quantitative estimate of drug-likeness (QED) is 0.623. The van der Waals surface area contributed by atoms with E-state index in [1.807, 2.05) is 19.9 Å². The van der Waals surface area contributed by atoms with Gasteiger partial charge in [0.15, 0.2) is 0 Å². The van der Waals surface area contributed by atoms with Crippen LogP contribution in [0.4, 0.5) is 0 Å². The first kappa shape index (κ1) is 15.2. The maximum absolute atomic E-state index is 3.72. The van der Waals surface area contributed by atoms with Gasteiger partial charge in [-0.25, -0.2) is 0 Å². The van der Waals surface area contributed by atoms with E-state index in [-0.39, 0.29) is 0 Å². The second-order valence-electron chi connectivity index (χ2n) is 3.27. The van der Waals surface area contributed by atoms with Gasteiger partial charge in [0.25, 0.3) is 0 Å². The van der Waals surface area contributed by atoms with Crippen molar-refractivity contribution in [3.05, 3.63) is 12.7 Å². The third-order valence-corrected chi connectivity index (χ3v) is 1.95. The number of nitrogens with one attached hydrogen (secondary N) is 1. The van der Waals surface area contributed by atoms with Gasteiger partial charge in [-0.05, 0) is 25.3 Å². The van der Waals surface area contributed by atoms with Crippen LogP contribution in [0, 0.1) is 5.92 Å². The second kappa shape index (κ2) is 11.7. The van der Waals surface area contributed by atoms with Gasteiger partial charge in [0.1, 0.15) is 0 Å². The summed E-state index contributed by atoms with van der Waals surface area (Å²) in [6.45, 7) is 15.5. The molecule has 0 rings (SSSR count). The van der Waals surface area contributed by atoms with Gasteiger partial charge in [0.05, 0.1) is 0 Å². The summed E-state index contributed by atoms with van der Waals surface area (Å²) in [4.78, 5) is 0. The molecule has 0 aromatic rings. The first-order chi connectivity index (χ1) is 6.22. The molecule has 0 aromatic carbocycles. The van der Waals surface area contributed by atoms with E-state index in [0.717, 1.165) is 18.9 Å². The lowest BCUT2D eigenvalue weighted by Crippen LogP contribution is -2.33. The third kappa shape index (κ3) is 9.62. The summed E-state index contributed by atoms with van der Waals surface area (Å²) in [6, 6.07) is 0.665. The van der Waals surface area contributed by atoms with Gasteiger partial charge in [-0.2, -0.15) is 0 Å². The molecule has 0 saturated heterocycles. The summed E-state index contributed by atoms with van der Waals surface area (Å²) >= 11 is 0. The molecule has 0 radical (unpaired) electrons. The lowest BCUT2D eigenvalue weighted by Gasteiger charge is -2.20. The smallest absolute Gasteiger partial charge is 0.00928 e. The maximum atomic E-state index is 3.72. The summed E-state index contributed by atoms with van der Waals surface area (Å²) in [5, 5.41) is 3.47. The monoisotopic (exact) mass is 185 g/mol. The Morgan fingerprint density at radius 3 is 2.15 bits per heavy atom. The average molecular weight is 185 g/mol. The van der Waals surface area contributed by atoms with Crippen molar-refractivity contribution in [2.45, 2.75) is 53.5 Å². The molecule has 0 fully saturated rings. The highest BCUT2D eigenvalue weighted by molar-refractivity contribution is 4.75. The van der Waals surface area contributed by atoms with Gasteiger partial charge in [0.2, 0.25) is 0 Å². The number of hydrogen-bond donors (Lipinski definition) is 1. The highest BCUT2D eigenvalue weighted by atomic mass is 14.9. The Morgan fingerprint density at radius 1 is 1.31 bits per heavy atom. The van der Waals surface area contributed by atoms with Gasteiger partial charge in [-0.3, -0.25) is 0 Å². The van der Waals surface area contributed by atoms with Crippen LogP contribution in [0.2, 0.25) is 0 Å². The zero-order valence-corrected chi connectivity index (χ0v) is 10.1. The van der Waals surface area contributed by atoms with Crippen LogP contribution < -0.4 is 5.32 Å². The van der Waals surface area contributed by atoms with E-state index < -0.39 is 0 Å². The molecular formula is C12H27N. The number of hydrogen-bond acceptors (Lipinski definition) is 1.